The Balaban J connectivity index is 3.66. The maximum atomic E-state index is 10.4. The standard InChI is InChI=1S/C27H55NO3/c1-2-3-4-5-6-7-8-9-10-11-12-13-14-15-16-18-21-28(23-26-30,24-27-31)22-19-17-20-25-29/h30-31H,2-24,26-27H2,1H3/q+1. The third kappa shape index (κ3) is 19.9. The van der Waals surface area contributed by atoms with Crippen LogP contribution in [-0.2, 0) is 4.79 Å². The van der Waals surface area contributed by atoms with Crippen molar-refractivity contribution in [1.82, 2.24) is 0 Å². The van der Waals surface area contributed by atoms with Crippen LogP contribution in [0.1, 0.15) is 129 Å². The molecule has 4 heteroatoms. The SMILES string of the molecule is CCCCCCCCCCCCCCCCCC[N+](CCO)(CCO)CCCC[C]=O. The smallest absolute Gasteiger partial charge is 0.198 e. The quantitative estimate of drug-likeness (QED) is 0.122. The predicted molar refractivity (Wildman–Crippen MR) is 133 cm³/mol. The van der Waals surface area contributed by atoms with Gasteiger partial charge >= 0.3 is 0 Å². The van der Waals surface area contributed by atoms with Crippen LogP contribution in [0.5, 0.6) is 0 Å². The first kappa shape index (κ1) is 30.6. The fourth-order valence-electron chi connectivity index (χ4n) is 4.73. The Kier molecular flexibility index (Phi) is 23.8. The van der Waals surface area contributed by atoms with Crippen LogP contribution in [0, 0.1) is 0 Å². The highest BCUT2D eigenvalue weighted by Crippen LogP contribution is 2.16. The number of nitrogens with zero attached hydrogens (tertiary/aromatic N) is 1. The lowest BCUT2D eigenvalue weighted by Gasteiger charge is -2.38. The molecule has 1 radical (unpaired) electrons. The van der Waals surface area contributed by atoms with E-state index in [1.54, 1.807) is 0 Å². The second-order valence-corrected chi connectivity index (χ2v) is 9.59. The summed E-state index contributed by atoms with van der Waals surface area (Å²) in [6.45, 7) is 6.01. The number of carbonyl (C=O) groups excluding carboxylic acids is 1. The largest absolute Gasteiger partial charge is 0.391 e. The molecule has 0 aliphatic heterocycles. The van der Waals surface area contributed by atoms with E-state index in [0.29, 0.717) is 19.5 Å². The molecule has 0 bridgehead atoms. The highest BCUT2D eigenvalue weighted by atomic mass is 16.3. The van der Waals surface area contributed by atoms with E-state index in [4.69, 9.17) is 0 Å². The molecular formula is C27H55NO3+. The van der Waals surface area contributed by atoms with Gasteiger partial charge in [0.1, 0.15) is 13.1 Å². The molecule has 0 spiro atoms. The first-order valence-corrected chi connectivity index (χ1v) is 13.7. The lowest BCUT2D eigenvalue weighted by molar-refractivity contribution is -0.929. The van der Waals surface area contributed by atoms with Crippen molar-refractivity contribution in [1.29, 1.82) is 0 Å². The zero-order chi connectivity index (χ0) is 22.9. The fourth-order valence-corrected chi connectivity index (χ4v) is 4.73. The van der Waals surface area contributed by atoms with Crippen LogP contribution in [0.2, 0.25) is 0 Å². The molecule has 0 heterocycles. The summed E-state index contributed by atoms with van der Waals surface area (Å²) in [6.07, 6.45) is 26.3. The third-order valence-electron chi connectivity index (χ3n) is 6.80. The number of aliphatic hydroxyl groups excluding tert-OH is 2. The van der Waals surface area contributed by atoms with Gasteiger partial charge in [-0.15, -0.1) is 0 Å². The van der Waals surface area contributed by atoms with Crippen molar-refractivity contribution < 1.29 is 19.5 Å². The van der Waals surface area contributed by atoms with Gasteiger partial charge in [-0.3, -0.25) is 4.79 Å². The molecule has 0 rings (SSSR count). The van der Waals surface area contributed by atoms with Crippen LogP contribution < -0.4 is 0 Å². The van der Waals surface area contributed by atoms with Gasteiger partial charge in [0.2, 0.25) is 0 Å². The van der Waals surface area contributed by atoms with Crippen molar-refractivity contribution in [3.8, 4) is 0 Å². The molecular weight excluding hydrogens is 386 g/mol. The van der Waals surface area contributed by atoms with Gasteiger partial charge in [0.05, 0.1) is 26.3 Å². The van der Waals surface area contributed by atoms with Crippen molar-refractivity contribution in [2.75, 3.05) is 39.4 Å². The van der Waals surface area contributed by atoms with Crippen LogP contribution in [0.3, 0.4) is 0 Å². The summed E-state index contributed by atoms with van der Waals surface area (Å²) in [5, 5.41) is 19.0. The lowest BCUT2D eigenvalue weighted by atomic mass is 10.0. The van der Waals surface area contributed by atoms with Gasteiger partial charge in [0, 0.05) is 6.42 Å². The van der Waals surface area contributed by atoms with Gasteiger partial charge in [-0.1, -0.05) is 96.8 Å². The highest BCUT2D eigenvalue weighted by Gasteiger charge is 2.25. The van der Waals surface area contributed by atoms with E-state index < -0.39 is 0 Å². The zero-order valence-corrected chi connectivity index (χ0v) is 20.9. The summed E-state index contributed by atoms with van der Waals surface area (Å²) >= 11 is 0. The first-order chi connectivity index (χ1) is 15.2. The molecule has 2 N–H and O–H groups in total. The summed E-state index contributed by atoms with van der Waals surface area (Å²) in [7, 11) is 0. The normalized spacial score (nSPS) is 11.8. The Bertz CT molecular complexity index is 356. The molecule has 0 amide bonds. The second kappa shape index (κ2) is 24.2. The minimum absolute atomic E-state index is 0.165. The molecule has 0 aliphatic rings. The van der Waals surface area contributed by atoms with Gasteiger partial charge in [0.25, 0.3) is 0 Å². The van der Waals surface area contributed by atoms with Crippen molar-refractivity contribution in [3.63, 3.8) is 0 Å². The number of rotatable bonds is 26. The molecule has 0 unspecified atom stereocenters. The van der Waals surface area contributed by atoms with Crippen LogP contribution in [0.4, 0.5) is 0 Å². The Morgan fingerprint density at radius 2 is 0.871 bits per heavy atom. The van der Waals surface area contributed by atoms with Crippen molar-refractivity contribution in [2.45, 2.75) is 129 Å². The maximum absolute atomic E-state index is 10.4. The van der Waals surface area contributed by atoms with Crippen molar-refractivity contribution in [3.05, 3.63) is 0 Å². The molecule has 0 saturated heterocycles. The Morgan fingerprint density at radius 3 is 1.23 bits per heavy atom. The van der Waals surface area contributed by atoms with Crippen LogP contribution in [0.15, 0.2) is 0 Å². The minimum Gasteiger partial charge on any atom is -0.391 e. The molecule has 0 aliphatic carbocycles. The molecule has 0 aromatic rings. The number of aliphatic hydroxyl groups is 2. The second-order valence-electron chi connectivity index (χ2n) is 9.59. The van der Waals surface area contributed by atoms with Crippen LogP contribution in [0.25, 0.3) is 0 Å². The van der Waals surface area contributed by atoms with E-state index in [1.165, 1.54) is 96.3 Å². The summed E-state index contributed by atoms with van der Waals surface area (Å²) in [5.74, 6) is 0. The minimum atomic E-state index is 0.165. The fraction of sp³-hybridized carbons (Fsp3) is 0.963. The zero-order valence-electron chi connectivity index (χ0n) is 20.9. The summed E-state index contributed by atoms with van der Waals surface area (Å²) in [4.78, 5) is 10.4. The highest BCUT2D eigenvalue weighted by molar-refractivity contribution is 5.50. The number of hydrogen-bond donors (Lipinski definition) is 2. The maximum Gasteiger partial charge on any atom is 0.198 e. The van der Waals surface area contributed by atoms with Gasteiger partial charge in [-0.2, -0.15) is 0 Å². The van der Waals surface area contributed by atoms with Gasteiger partial charge < -0.3 is 14.7 Å². The van der Waals surface area contributed by atoms with E-state index >= 15 is 0 Å². The van der Waals surface area contributed by atoms with E-state index in [-0.39, 0.29) is 13.2 Å². The number of hydrogen-bond acceptors (Lipinski definition) is 3. The van der Waals surface area contributed by atoms with Gasteiger partial charge in [0.15, 0.2) is 6.29 Å². The molecule has 0 saturated carbocycles. The first-order valence-electron chi connectivity index (χ1n) is 13.7. The molecule has 4 nitrogen and oxygen atoms in total. The van der Waals surface area contributed by atoms with Crippen molar-refractivity contribution >= 4 is 6.29 Å². The van der Waals surface area contributed by atoms with E-state index in [0.717, 1.165) is 36.8 Å². The van der Waals surface area contributed by atoms with Crippen LogP contribution in [-0.4, -0.2) is 60.4 Å². The Labute approximate surface area is 194 Å². The average Bonchev–Trinajstić information content (AvgIpc) is 2.77. The van der Waals surface area contributed by atoms with E-state index in [1.807, 2.05) is 6.29 Å². The molecule has 31 heavy (non-hydrogen) atoms. The lowest BCUT2D eigenvalue weighted by Crippen LogP contribution is -2.52. The summed E-state index contributed by atoms with van der Waals surface area (Å²) < 4.78 is 0.796. The van der Waals surface area contributed by atoms with Gasteiger partial charge in [-0.05, 0) is 25.7 Å². The average molecular weight is 442 g/mol. The molecule has 0 atom stereocenters. The molecule has 0 fully saturated rings. The summed E-state index contributed by atoms with van der Waals surface area (Å²) in [5.41, 5.74) is 0. The predicted octanol–water partition coefficient (Wildman–Crippen LogP) is 6.33. The third-order valence-corrected chi connectivity index (χ3v) is 6.80. The molecule has 0 aromatic carbocycles. The molecule has 0 aromatic heterocycles. The van der Waals surface area contributed by atoms with Gasteiger partial charge in [-0.25, -0.2) is 0 Å². The van der Waals surface area contributed by atoms with Crippen molar-refractivity contribution in [2.24, 2.45) is 0 Å². The number of unbranched alkanes of at least 4 members (excludes halogenated alkanes) is 17. The van der Waals surface area contributed by atoms with E-state index in [2.05, 4.69) is 6.92 Å². The Morgan fingerprint density at radius 1 is 0.516 bits per heavy atom. The van der Waals surface area contributed by atoms with Crippen LogP contribution >= 0.6 is 0 Å². The monoisotopic (exact) mass is 441 g/mol. The Hall–Kier alpha value is -0.450. The summed E-state index contributed by atoms with van der Waals surface area (Å²) in [6, 6.07) is 0. The number of quaternary nitrogens is 1. The molecule has 185 valence electrons. The van der Waals surface area contributed by atoms with E-state index in [9.17, 15) is 15.0 Å². The topological polar surface area (TPSA) is 57.5 Å².